The van der Waals surface area contributed by atoms with Crippen LogP contribution in [0.4, 0.5) is 13.2 Å². The highest BCUT2D eigenvalue weighted by Gasteiger charge is 2.43. The smallest absolute Gasteiger partial charge is 0.351 e. The van der Waals surface area contributed by atoms with E-state index in [0.717, 1.165) is 25.9 Å². The Morgan fingerprint density at radius 1 is 1.12 bits per heavy atom. The number of piperidine rings is 1. The third-order valence-corrected chi connectivity index (χ3v) is 9.19. The van der Waals surface area contributed by atoms with Crippen molar-refractivity contribution in [1.82, 2.24) is 16.0 Å². The lowest BCUT2D eigenvalue weighted by atomic mass is 9.94. The molecular weight excluding hydrogens is 459 g/mol. The average Bonchev–Trinajstić information content (AvgIpc) is 3.21. The summed E-state index contributed by atoms with van der Waals surface area (Å²) < 4.78 is 68.4. The van der Waals surface area contributed by atoms with Crippen molar-refractivity contribution in [2.45, 2.75) is 79.8 Å². The first-order chi connectivity index (χ1) is 15.6. The van der Waals surface area contributed by atoms with E-state index >= 15 is 0 Å². The van der Waals surface area contributed by atoms with Gasteiger partial charge in [0.15, 0.2) is 9.84 Å². The molecule has 0 radical (unpaired) electrons. The van der Waals surface area contributed by atoms with E-state index in [9.17, 15) is 26.4 Å². The summed E-state index contributed by atoms with van der Waals surface area (Å²) in [6.07, 6.45) is -3.27. The van der Waals surface area contributed by atoms with Crippen LogP contribution < -0.4 is 16.0 Å². The molecule has 7 nitrogen and oxygen atoms in total. The van der Waals surface area contributed by atoms with Gasteiger partial charge >= 0.3 is 6.36 Å². The predicted octanol–water partition coefficient (Wildman–Crippen LogP) is 2.26. The molecule has 33 heavy (non-hydrogen) atoms. The molecule has 0 aromatic heterocycles. The number of sulfone groups is 1. The lowest BCUT2D eigenvalue weighted by Crippen LogP contribution is -2.45. The van der Waals surface area contributed by atoms with Gasteiger partial charge in [0.05, 0.1) is 22.3 Å². The maximum Gasteiger partial charge on any atom is 0.522 e. The number of carbonyl (C=O) groups is 1. The quantitative estimate of drug-likeness (QED) is 0.568. The van der Waals surface area contributed by atoms with Crippen LogP contribution in [-0.2, 0) is 25.9 Å². The number of fused-ring (bicyclic) bond motifs is 1. The summed E-state index contributed by atoms with van der Waals surface area (Å²) in [6.45, 7) is 2.10. The molecule has 2 aliphatic heterocycles. The summed E-state index contributed by atoms with van der Waals surface area (Å²) in [4.78, 5) is 12.5. The number of amides is 1. The molecule has 5 atom stereocenters. The number of nitrogens with one attached hydrogen (secondary N) is 3. The maximum atomic E-state index is 13.0. The van der Waals surface area contributed by atoms with Crippen LogP contribution in [0, 0.1) is 5.92 Å². The van der Waals surface area contributed by atoms with Crippen molar-refractivity contribution in [3.63, 3.8) is 0 Å². The van der Waals surface area contributed by atoms with Gasteiger partial charge in [-0.15, -0.1) is 13.2 Å². The Morgan fingerprint density at radius 3 is 2.55 bits per heavy atom. The number of benzene rings is 1. The number of ether oxygens (including phenoxy) is 1. The standard InChI is InChI=1S/C22H30F3N3O4S/c23-22(24,25)32-19-3-1-2-4-20(19)33(30,31)16-7-5-14(6-8-16)12-27-21(29)18-11-15-13-26-10-9-17(15)28-18/h5-8,15,17-20,26,28H,1-4,9-13H2,(H,27,29). The minimum atomic E-state index is -4.87. The second kappa shape index (κ2) is 9.89. The molecular formula is C22H30F3N3O4S. The molecule has 0 spiro atoms. The molecule has 2 heterocycles. The van der Waals surface area contributed by atoms with Gasteiger partial charge < -0.3 is 16.0 Å². The van der Waals surface area contributed by atoms with E-state index in [-0.39, 0.29) is 36.2 Å². The number of hydrogen-bond donors (Lipinski definition) is 3. The zero-order chi connectivity index (χ0) is 23.6. The van der Waals surface area contributed by atoms with Crippen molar-refractivity contribution in [2.75, 3.05) is 13.1 Å². The molecule has 4 rings (SSSR count). The van der Waals surface area contributed by atoms with Gasteiger partial charge in [-0.05, 0) is 62.4 Å². The average molecular weight is 490 g/mol. The van der Waals surface area contributed by atoms with Gasteiger partial charge in [0.1, 0.15) is 0 Å². The van der Waals surface area contributed by atoms with Crippen LogP contribution in [0.1, 0.15) is 44.1 Å². The van der Waals surface area contributed by atoms with E-state index in [1.165, 1.54) is 12.1 Å². The van der Waals surface area contributed by atoms with Crippen LogP contribution in [0.5, 0.6) is 0 Å². The summed E-state index contributed by atoms with van der Waals surface area (Å²) in [5.74, 6) is 0.361. The third kappa shape index (κ3) is 5.87. The topological polar surface area (TPSA) is 96.5 Å². The number of hydrogen-bond acceptors (Lipinski definition) is 6. The Balaban J connectivity index is 1.35. The highest BCUT2D eigenvalue weighted by atomic mass is 32.2. The fourth-order valence-corrected chi connectivity index (χ4v) is 7.14. The molecule has 1 aromatic rings. The Morgan fingerprint density at radius 2 is 1.85 bits per heavy atom. The minimum Gasteiger partial charge on any atom is -0.351 e. The van der Waals surface area contributed by atoms with E-state index in [1.54, 1.807) is 12.1 Å². The largest absolute Gasteiger partial charge is 0.522 e. The molecule has 3 N–H and O–H groups in total. The molecule has 184 valence electrons. The molecule has 0 bridgehead atoms. The zero-order valence-corrected chi connectivity index (χ0v) is 19.1. The van der Waals surface area contributed by atoms with Crippen LogP contribution in [0.15, 0.2) is 29.2 Å². The monoisotopic (exact) mass is 489 g/mol. The van der Waals surface area contributed by atoms with Crippen molar-refractivity contribution in [2.24, 2.45) is 5.92 Å². The predicted molar refractivity (Wildman–Crippen MR) is 115 cm³/mol. The highest BCUT2D eigenvalue weighted by Crippen LogP contribution is 2.34. The highest BCUT2D eigenvalue weighted by molar-refractivity contribution is 7.92. The number of halogens is 3. The fourth-order valence-electron chi connectivity index (χ4n) is 5.21. The van der Waals surface area contributed by atoms with Crippen molar-refractivity contribution in [3.8, 4) is 0 Å². The van der Waals surface area contributed by atoms with Crippen LogP contribution >= 0.6 is 0 Å². The van der Waals surface area contributed by atoms with E-state index < -0.39 is 27.6 Å². The van der Waals surface area contributed by atoms with Gasteiger partial charge in [0, 0.05) is 12.6 Å². The Hall–Kier alpha value is -1.69. The van der Waals surface area contributed by atoms with E-state index in [1.807, 2.05) is 0 Å². The first-order valence-corrected chi connectivity index (χ1v) is 13.0. The van der Waals surface area contributed by atoms with Gasteiger partial charge in [0.25, 0.3) is 0 Å². The normalized spacial score (nSPS) is 30.6. The third-order valence-electron chi connectivity index (χ3n) is 6.92. The molecule has 5 unspecified atom stereocenters. The summed E-state index contributed by atoms with van der Waals surface area (Å²) in [5.41, 5.74) is 0.714. The second-order valence-electron chi connectivity index (χ2n) is 9.15. The second-order valence-corrected chi connectivity index (χ2v) is 11.3. The van der Waals surface area contributed by atoms with Gasteiger partial charge in [-0.2, -0.15) is 0 Å². The van der Waals surface area contributed by atoms with Crippen molar-refractivity contribution in [1.29, 1.82) is 0 Å². The number of carbonyl (C=O) groups excluding carboxylic acids is 1. The number of alkyl halides is 3. The lowest BCUT2D eigenvalue weighted by molar-refractivity contribution is -0.344. The van der Waals surface area contributed by atoms with Gasteiger partial charge in [-0.1, -0.05) is 25.0 Å². The van der Waals surface area contributed by atoms with Gasteiger partial charge in [-0.3, -0.25) is 9.53 Å². The van der Waals surface area contributed by atoms with Crippen LogP contribution in [-0.4, -0.2) is 57.2 Å². The van der Waals surface area contributed by atoms with Gasteiger partial charge in [0.2, 0.25) is 5.91 Å². The summed E-state index contributed by atoms with van der Waals surface area (Å²) in [6, 6.07) is 6.07. The number of rotatable bonds is 6. The Labute approximate surface area is 191 Å². The van der Waals surface area contributed by atoms with E-state index in [2.05, 4.69) is 20.7 Å². The fraction of sp³-hybridized carbons (Fsp3) is 0.682. The Kier molecular flexibility index (Phi) is 7.32. The molecule has 3 aliphatic rings. The molecule has 1 amide bonds. The van der Waals surface area contributed by atoms with Gasteiger partial charge in [-0.25, -0.2) is 8.42 Å². The molecule has 2 saturated heterocycles. The van der Waals surface area contributed by atoms with Crippen molar-refractivity contribution in [3.05, 3.63) is 29.8 Å². The summed E-state index contributed by atoms with van der Waals surface area (Å²) >= 11 is 0. The first kappa shape index (κ1) is 24.4. The van der Waals surface area contributed by atoms with Crippen LogP contribution in [0.2, 0.25) is 0 Å². The first-order valence-electron chi connectivity index (χ1n) is 11.5. The zero-order valence-electron chi connectivity index (χ0n) is 18.2. The molecule has 1 aliphatic carbocycles. The molecule has 1 saturated carbocycles. The van der Waals surface area contributed by atoms with E-state index in [0.29, 0.717) is 30.4 Å². The molecule has 3 fully saturated rings. The lowest BCUT2D eigenvalue weighted by Gasteiger charge is -2.31. The van der Waals surface area contributed by atoms with Crippen LogP contribution in [0.3, 0.4) is 0 Å². The van der Waals surface area contributed by atoms with Crippen molar-refractivity contribution < 1.29 is 31.1 Å². The van der Waals surface area contributed by atoms with Crippen LogP contribution in [0.25, 0.3) is 0 Å². The minimum absolute atomic E-state index is 0.0331. The maximum absolute atomic E-state index is 13.0. The summed E-state index contributed by atoms with van der Waals surface area (Å²) in [5, 5.41) is 8.39. The molecule has 1 aromatic carbocycles. The SMILES string of the molecule is O=C(NCc1ccc(S(=O)(=O)C2CCCCC2OC(F)(F)F)cc1)C1CC2CNCCC2N1. The van der Waals surface area contributed by atoms with E-state index in [4.69, 9.17) is 0 Å². The summed E-state index contributed by atoms with van der Waals surface area (Å²) in [7, 11) is -3.99. The van der Waals surface area contributed by atoms with Crippen molar-refractivity contribution >= 4 is 15.7 Å². The molecule has 11 heteroatoms. The Bertz CT molecular complexity index is 925.